The molecule has 18 heavy (non-hydrogen) atoms. The van der Waals surface area contributed by atoms with Crippen molar-refractivity contribution in [3.8, 4) is 6.07 Å². The zero-order chi connectivity index (χ0) is 13.1. The number of hydrogen-bond donors (Lipinski definition) is 1. The minimum Gasteiger partial charge on any atom is -0.370 e. The van der Waals surface area contributed by atoms with Crippen molar-refractivity contribution >= 4 is 27.5 Å². The zero-order valence-corrected chi connectivity index (χ0v) is 11.5. The lowest BCUT2D eigenvalue weighted by Crippen LogP contribution is -2.41. The van der Waals surface area contributed by atoms with Crippen molar-refractivity contribution in [2.45, 2.75) is 12.8 Å². The van der Waals surface area contributed by atoms with Gasteiger partial charge in [-0.3, -0.25) is 4.79 Å². The largest absolute Gasteiger partial charge is 0.370 e. The molecule has 0 spiro atoms. The second-order valence-corrected chi connectivity index (χ2v) is 5.38. The fourth-order valence-electron chi connectivity index (χ4n) is 2.30. The van der Waals surface area contributed by atoms with E-state index in [-0.39, 0.29) is 11.8 Å². The number of primary amides is 1. The van der Waals surface area contributed by atoms with Crippen LogP contribution in [-0.2, 0) is 4.79 Å². The van der Waals surface area contributed by atoms with Gasteiger partial charge in [0.15, 0.2) is 0 Å². The fraction of sp³-hybridized carbons (Fsp3) is 0.385. The highest BCUT2D eigenvalue weighted by Gasteiger charge is 2.25. The molecule has 2 N–H and O–H groups in total. The summed E-state index contributed by atoms with van der Waals surface area (Å²) in [6.45, 7) is 1.46. The maximum atomic E-state index is 11.3. The van der Waals surface area contributed by atoms with Gasteiger partial charge in [-0.15, -0.1) is 0 Å². The highest BCUT2D eigenvalue weighted by atomic mass is 79.9. The summed E-state index contributed by atoms with van der Waals surface area (Å²) >= 11 is 3.35. The van der Waals surface area contributed by atoms with Crippen molar-refractivity contribution in [3.05, 3.63) is 28.2 Å². The third-order valence-corrected chi connectivity index (χ3v) is 3.74. The first kappa shape index (κ1) is 12.9. The zero-order valence-electron chi connectivity index (χ0n) is 9.90. The molecule has 5 heteroatoms. The molecule has 0 aromatic heterocycles. The lowest BCUT2D eigenvalue weighted by Gasteiger charge is -2.33. The third-order valence-electron chi connectivity index (χ3n) is 3.24. The van der Waals surface area contributed by atoms with Gasteiger partial charge in [0.2, 0.25) is 5.91 Å². The van der Waals surface area contributed by atoms with Gasteiger partial charge in [0.1, 0.15) is 6.07 Å². The molecule has 1 fully saturated rings. The first-order valence-electron chi connectivity index (χ1n) is 5.85. The Hall–Kier alpha value is -1.54. The van der Waals surface area contributed by atoms with Gasteiger partial charge in [-0.1, -0.05) is 15.9 Å². The monoisotopic (exact) mass is 307 g/mol. The number of nitrogens with two attached hydrogens (primary N) is 1. The molecule has 1 saturated heterocycles. The van der Waals surface area contributed by atoms with Crippen LogP contribution in [0.3, 0.4) is 0 Å². The lowest BCUT2D eigenvalue weighted by molar-refractivity contribution is -0.122. The van der Waals surface area contributed by atoms with Gasteiger partial charge >= 0.3 is 0 Å². The molecule has 0 saturated carbocycles. The van der Waals surface area contributed by atoms with Crippen molar-refractivity contribution in [2.24, 2.45) is 11.7 Å². The predicted molar refractivity (Wildman–Crippen MR) is 73.0 cm³/mol. The molecule has 94 valence electrons. The number of benzene rings is 1. The Morgan fingerprint density at radius 2 is 2.33 bits per heavy atom. The van der Waals surface area contributed by atoms with Gasteiger partial charge in [-0.2, -0.15) is 5.26 Å². The number of amides is 1. The quantitative estimate of drug-likeness (QED) is 0.908. The van der Waals surface area contributed by atoms with Gasteiger partial charge in [0.05, 0.1) is 17.2 Å². The van der Waals surface area contributed by atoms with Crippen molar-refractivity contribution in [1.82, 2.24) is 0 Å². The van der Waals surface area contributed by atoms with E-state index in [1.807, 2.05) is 12.1 Å². The average Bonchev–Trinajstić information content (AvgIpc) is 2.38. The van der Waals surface area contributed by atoms with E-state index < -0.39 is 0 Å². The summed E-state index contributed by atoms with van der Waals surface area (Å²) in [4.78, 5) is 13.3. The maximum Gasteiger partial charge on any atom is 0.222 e. The van der Waals surface area contributed by atoms with Crippen molar-refractivity contribution < 1.29 is 4.79 Å². The van der Waals surface area contributed by atoms with Crippen LogP contribution in [0.4, 0.5) is 5.69 Å². The molecular formula is C13H14BrN3O. The van der Waals surface area contributed by atoms with E-state index in [1.165, 1.54) is 0 Å². The normalized spacial score (nSPS) is 19.3. The summed E-state index contributed by atoms with van der Waals surface area (Å²) in [5, 5.41) is 9.16. The molecule has 1 aliphatic rings. The Kier molecular flexibility index (Phi) is 3.87. The summed E-state index contributed by atoms with van der Waals surface area (Å²) < 4.78 is 0.881. The molecule has 0 aliphatic carbocycles. The number of rotatable bonds is 2. The maximum absolute atomic E-state index is 11.3. The smallest absolute Gasteiger partial charge is 0.222 e. The van der Waals surface area contributed by atoms with Gasteiger partial charge in [-0.05, 0) is 31.0 Å². The Bertz CT molecular complexity index is 509. The SMILES string of the molecule is N#Cc1cc(Br)ccc1N1CCCC(C(N)=O)C1. The molecule has 1 heterocycles. The van der Waals surface area contributed by atoms with E-state index in [0.717, 1.165) is 29.5 Å². The number of halogens is 1. The van der Waals surface area contributed by atoms with Crippen LogP contribution in [0.2, 0.25) is 0 Å². The fourth-order valence-corrected chi connectivity index (χ4v) is 2.66. The van der Waals surface area contributed by atoms with Crippen molar-refractivity contribution in [1.29, 1.82) is 5.26 Å². The molecule has 1 aromatic carbocycles. The number of carbonyl (C=O) groups is 1. The average molecular weight is 308 g/mol. The molecule has 1 aromatic rings. The van der Waals surface area contributed by atoms with Crippen LogP contribution in [0.5, 0.6) is 0 Å². The molecule has 1 unspecified atom stereocenters. The molecule has 2 rings (SSSR count). The standard InChI is InChI=1S/C13H14BrN3O/c14-11-3-4-12(10(6-11)7-15)17-5-1-2-9(8-17)13(16)18/h3-4,6,9H,1-2,5,8H2,(H2,16,18). The summed E-state index contributed by atoms with van der Waals surface area (Å²) in [7, 11) is 0. The minimum atomic E-state index is -0.254. The van der Waals surface area contributed by atoms with Gasteiger partial charge in [0, 0.05) is 17.6 Å². The molecule has 0 bridgehead atoms. The number of nitrogens with zero attached hydrogens (tertiary/aromatic N) is 2. The Morgan fingerprint density at radius 3 is 3.00 bits per heavy atom. The Balaban J connectivity index is 2.26. The van der Waals surface area contributed by atoms with Crippen LogP contribution < -0.4 is 10.6 Å². The second-order valence-electron chi connectivity index (χ2n) is 4.46. The van der Waals surface area contributed by atoms with E-state index in [9.17, 15) is 4.79 Å². The predicted octanol–water partition coefficient (Wildman–Crippen LogP) is 2.02. The molecule has 4 nitrogen and oxygen atoms in total. The summed E-state index contributed by atoms with van der Waals surface area (Å²) in [6, 6.07) is 7.80. The van der Waals surface area contributed by atoms with Gasteiger partial charge in [0.25, 0.3) is 0 Å². The van der Waals surface area contributed by atoms with E-state index in [0.29, 0.717) is 12.1 Å². The Labute approximate surface area is 115 Å². The van der Waals surface area contributed by atoms with Crippen molar-refractivity contribution in [2.75, 3.05) is 18.0 Å². The molecule has 1 aliphatic heterocycles. The number of anilines is 1. The van der Waals surface area contributed by atoms with Crippen LogP contribution in [0.15, 0.2) is 22.7 Å². The lowest BCUT2D eigenvalue weighted by atomic mass is 9.96. The number of nitriles is 1. The molecule has 0 radical (unpaired) electrons. The highest BCUT2D eigenvalue weighted by Crippen LogP contribution is 2.28. The summed E-state index contributed by atoms with van der Waals surface area (Å²) in [5.41, 5.74) is 6.87. The van der Waals surface area contributed by atoms with Crippen LogP contribution in [-0.4, -0.2) is 19.0 Å². The topological polar surface area (TPSA) is 70.1 Å². The van der Waals surface area contributed by atoms with Crippen LogP contribution >= 0.6 is 15.9 Å². The summed E-state index contributed by atoms with van der Waals surface area (Å²) in [5.74, 6) is -0.371. The van der Waals surface area contributed by atoms with Crippen LogP contribution in [0.25, 0.3) is 0 Å². The molecule has 1 atom stereocenters. The molecular weight excluding hydrogens is 294 g/mol. The van der Waals surface area contributed by atoms with E-state index in [4.69, 9.17) is 11.0 Å². The van der Waals surface area contributed by atoms with E-state index in [1.54, 1.807) is 6.07 Å². The number of carbonyl (C=O) groups excluding carboxylic acids is 1. The second kappa shape index (κ2) is 5.40. The highest BCUT2D eigenvalue weighted by molar-refractivity contribution is 9.10. The van der Waals surface area contributed by atoms with E-state index in [2.05, 4.69) is 26.9 Å². The minimum absolute atomic E-state index is 0.117. The van der Waals surface area contributed by atoms with Gasteiger partial charge in [-0.25, -0.2) is 0 Å². The third kappa shape index (κ3) is 2.65. The number of piperidine rings is 1. The first-order chi connectivity index (χ1) is 8.61. The first-order valence-corrected chi connectivity index (χ1v) is 6.65. The summed E-state index contributed by atoms with van der Waals surface area (Å²) in [6.07, 6.45) is 1.76. The Morgan fingerprint density at radius 1 is 1.56 bits per heavy atom. The van der Waals surface area contributed by atoms with E-state index >= 15 is 0 Å². The van der Waals surface area contributed by atoms with Gasteiger partial charge < -0.3 is 10.6 Å². The van der Waals surface area contributed by atoms with Crippen LogP contribution in [0, 0.1) is 17.2 Å². The van der Waals surface area contributed by atoms with Crippen molar-refractivity contribution in [3.63, 3.8) is 0 Å². The number of hydrogen-bond acceptors (Lipinski definition) is 3. The van der Waals surface area contributed by atoms with Crippen LogP contribution in [0.1, 0.15) is 18.4 Å². The molecule has 1 amide bonds.